The zero-order valence-electron chi connectivity index (χ0n) is 11.8. The lowest BCUT2D eigenvalue weighted by Gasteiger charge is -2.10. The fourth-order valence-corrected chi connectivity index (χ4v) is 1.80. The second-order valence-corrected chi connectivity index (χ2v) is 4.28. The van der Waals surface area contributed by atoms with E-state index in [1.807, 2.05) is 31.4 Å². The zero-order chi connectivity index (χ0) is 13.8. The average molecular weight is 261 g/mol. The number of hydrogen-bond acceptors (Lipinski definition) is 5. The monoisotopic (exact) mass is 261 g/mol. The summed E-state index contributed by atoms with van der Waals surface area (Å²) in [6.07, 6.45) is 1.78. The fraction of sp³-hybridized carbons (Fsp3) is 0.462. The second kappa shape index (κ2) is 5.79. The van der Waals surface area contributed by atoms with Crippen molar-refractivity contribution in [1.29, 1.82) is 0 Å². The predicted molar refractivity (Wildman–Crippen MR) is 73.5 cm³/mol. The molecule has 6 heteroatoms. The van der Waals surface area contributed by atoms with Gasteiger partial charge in [0.2, 0.25) is 0 Å². The number of imidazole rings is 1. The number of aromatic nitrogens is 4. The highest BCUT2D eigenvalue weighted by Crippen LogP contribution is 2.15. The summed E-state index contributed by atoms with van der Waals surface area (Å²) in [5.74, 6) is 2.25. The maximum atomic E-state index is 5.11. The van der Waals surface area contributed by atoms with Gasteiger partial charge >= 0.3 is 0 Å². The molecule has 0 spiro atoms. The lowest BCUT2D eigenvalue weighted by atomic mass is 10.3. The summed E-state index contributed by atoms with van der Waals surface area (Å²) in [4.78, 5) is 13.2. The third kappa shape index (κ3) is 2.90. The molecule has 0 bridgehead atoms. The molecule has 19 heavy (non-hydrogen) atoms. The molecule has 2 aromatic rings. The van der Waals surface area contributed by atoms with E-state index in [9.17, 15) is 0 Å². The summed E-state index contributed by atoms with van der Waals surface area (Å²) in [7, 11) is 1.63. The standard InChI is InChI=1S/C13H19N5O/c1-5-14-11-6-13(17-12(16-11)7-19-4)18-8-15-9(2)10(18)3/h6,8H,5,7H2,1-4H3,(H,14,16,17). The Morgan fingerprint density at radius 2 is 2.11 bits per heavy atom. The second-order valence-electron chi connectivity index (χ2n) is 4.28. The highest BCUT2D eigenvalue weighted by atomic mass is 16.5. The Bertz CT molecular complexity index is 540. The SMILES string of the molecule is CCNc1cc(-n2cnc(C)c2C)nc(COC)n1. The van der Waals surface area contributed by atoms with E-state index < -0.39 is 0 Å². The van der Waals surface area contributed by atoms with Crippen LogP contribution in [0.5, 0.6) is 0 Å². The van der Waals surface area contributed by atoms with Crippen LogP contribution in [0.4, 0.5) is 5.82 Å². The fourth-order valence-electron chi connectivity index (χ4n) is 1.80. The smallest absolute Gasteiger partial charge is 0.158 e. The molecule has 102 valence electrons. The Morgan fingerprint density at radius 1 is 1.32 bits per heavy atom. The van der Waals surface area contributed by atoms with Crippen LogP contribution in [0.25, 0.3) is 5.82 Å². The average Bonchev–Trinajstić information content (AvgIpc) is 2.71. The normalized spacial score (nSPS) is 10.7. The summed E-state index contributed by atoms with van der Waals surface area (Å²) in [5, 5.41) is 3.20. The molecule has 0 fully saturated rings. The largest absolute Gasteiger partial charge is 0.377 e. The molecule has 6 nitrogen and oxygen atoms in total. The number of hydrogen-bond donors (Lipinski definition) is 1. The predicted octanol–water partition coefficient (Wildman–Crippen LogP) is 1.86. The van der Waals surface area contributed by atoms with E-state index in [0.29, 0.717) is 12.4 Å². The van der Waals surface area contributed by atoms with Gasteiger partial charge in [0.1, 0.15) is 24.6 Å². The number of nitrogens with one attached hydrogen (secondary N) is 1. The number of aryl methyl sites for hydroxylation is 1. The van der Waals surface area contributed by atoms with Crippen molar-refractivity contribution < 1.29 is 4.74 Å². The van der Waals surface area contributed by atoms with Crippen molar-refractivity contribution >= 4 is 5.82 Å². The van der Waals surface area contributed by atoms with E-state index in [1.54, 1.807) is 13.4 Å². The van der Waals surface area contributed by atoms with Crippen molar-refractivity contribution in [2.45, 2.75) is 27.4 Å². The third-order valence-electron chi connectivity index (χ3n) is 2.89. The molecule has 0 aliphatic rings. The van der Waals surface area contributed by atoms with Crippen molar-refractivity contribution in [3.05, 3.63) is 29.6 Å². The molecule has 0 aliphatic carbocycles. The summed E-state index contributed by atoms with van der Waals surface area (Å²) in [5.41, 5.74) is 2.07. The summed E-state index contributed by atoms with van der Waals surface area (Å²) in [6.45, 7) is 7.23. The highest BCUT2D eigenvalue weighted by molar-refractivity contribution is 5.42. The first-order valence-electron chi connectivity index (χ1n) is 6.27. The Hall–Kier alpha value is -1.95. The first kappa shape index (κ1) is 13.5. The number of nitrogens with zero attached hydrogens (tertiary/aromatic N) is 4. The van der Waals surface area contributed by atoms with Crippen molar-refractivity contribution in [1.82, 2.24) is 19.5 Å². The van der Waals surface area contributed by atoms with Gasteiger partial charge in [-0.05, 0) is 20.8 Å². The van der Waals surface area contributed by atoms with Crippen molar-refractivity contribution in [3.63, 3.8) is 0 Å². The van der Waals surface area contributed by atoms with E-state index in [4.69, 9.17) is 4.74 Å². The van der Waals surface area contributed by atoms with Gasteiger partial charge in [-0.25, -0.2) is 15.0 Å². The van der Waals surface area contributed by atoms with Gasteiger partial charge in [0, 0.05) is 25.4 Å². The van der Waals surface area contributed by atoms with E-state index in [2.05, 4.69) is 20.3 Å². The quantitative estimate of drug-likeness (QED) is 0.890. The molecule has 1 N–H and O–H groups in total. The van der Waals surface area contributed by atoms with Gasteiger partial charge in [0.05, 0.1) is 5.69 Å². The lowest BCUT2D eigenvalue weighted by molar-refractivity contribution is 0.178. The molecule has 0 atom stereocenters. The topological polar surface area (TPSA) is 64.9 Å². The molecule has 2 rings (SSSR count). The van der Waals surface area contributed by atoms with Gasteiger partial charge in [-0.15, -0.1) is 0 Å². The molecular weight excluding hydrogens is 242 g/mol. The van der Waals surface area contributed by atoms with E-state index in [-0.39, 0.29) is 0 Å². The van der Waals surface area contributed by atoms with Crippen LogP contribution in [0.3, 0.4) is 0 Å². The zero-order valence-corrected chi connectivity index (χ0v) is 11.8. The first-order valence-corrected chi connectivity index (χ1v) is 6.27. The molecule has 0 unspecified atom stereocenters. The first-order chi connectivity index (χ1) is 9.15. The maximum Gasteiger partial charge on any atom is 0.158 e. The van der Waals surface area contributed by atoms with Gasteiger partial charge in [0.15, 0.2) is 5.82 Å². The van der Waals surface area contributed by atoms with Crippen molar-refractivity contribution in [3.8, 4) is 5.82 Å². The van der Waals surface area contributed by atoms with Gasteiger partial charge in [-0.2, -0.15) is 0 Å². The third-order valence-corrected chi connectivity index (χ3v) is 2.89. The van der Waals surface area contributed by atoms with E-state index in [1.165, 1.54) is 0 Å². The van der Waals surface area contributed by atoms with Crippen LogP contribution in [-0.4, -0.2) is 33.2 Å². The Balaban J connectivity index is 2.46. The van der Waals surface area contributed by atoms with Crippen molar-refractivity contribution in [2.24, 2.45) is 0 Å². The minimum absolute atomic E-state index is 0.388. The van der Waals surface area contributed by atoms with Gasteiger partial charge in [-0.1, -0.05) is 0 Å². The molecule has 0 saturated heterocycles. The Labute approximate surface area is 112 Å². The number of methoxy groups -OCH3 is 1. The van der Waals surface area contributed by atoms with Crippen LogP contribution in [-0.2, 0) is 11.3 Å². The van der Waals surface area contributed by atoms with Crippen LogP contribution in [0.2, 0.25) is 0 Å². The van der Waals surface area contributed by atoms with E-state index >= 15 is 0 Å². The van der Waals surface area contributed by atoms with Crippen molar-refractivity contribution in [2.75, 3.05) is 19.0 Å². The molecule has 0 saturated carbocycles. The molecular formula is C13H19N5O. The lowest BCUT2D eigenvalue weighted by Crippen LogP contribution is -2.08. The summed E-state index contributed by atoms with van der Waals surface area (Å²) >= 11 is 0. The molecule has 2 aromatic heterocycles. The van der Waals surface area contributed by atoms with Crippen LogP contribution in [0, 0.1) is 13.8 Å². The molecule has 0 radical (unpaired) electrons. The van der Waals surface area contributed by atoms with E-state index in [0.717, 1.165) is 29.6 Å². The molecule has 0 amide bonds. The number of ether oxygens (including phenoxy) is 1. The van der Waals surface area contributed by atoms with Gasteiger partial charge in [-0.3, -0.25) is 4.57 Å². The summed E-state index contributed by atoms with van der Waals surface area (Å²) < 4.78 is 7.07. The molecule has 2 heterocycles. The Kier molecular flexibility index (Phi) is 4.11. The minimum atomic E-state index is 0.388. The highest BCUT2D eigenvalue weighted by Gasteiger charge is 2.09. The van der Waals surface area contributed by atoms with Crippen LogP contribution >= 0.6 is 0 Å². The molecule has 0 aliphatic heterocycles. The number of anilines is 1. The van der Waals surface area contributed by atoms with Gasteiger partial charge < -0.3 is 10.1 Å². The number of rotatable bonds is 5. The van der Waals surface area contributed by atoms with Crippen LogP contribution < -0.4 is 5.32 Å². The van der Waals surface area contributed by atoms with Crippen LogP contribution in [0.15, 0.2) is 12.4 Å². The maximum absolute atomic E-state index is 5.11. The minimum Gasteiger partial charge on any atom is -0.377 e. The summed E-state index contributed by atoms with van der Waals surface area (Å²) in [6, 6.07) is 1.91. The Morgan fingerprint density at radius 3 is 2.68 bits per heavy atom. The van der Waals surface area contributed by atoms with Gasteiger partial charge in [0.25, 0.3) is 0 Å². The molecule has 0 aromatic carbocycles. The van der Waals surface area contributed by atoms with Crippen LogP contribution in [0.1, 0.15) is 24.1 Å².